The first-order valence-corrected chi connectivity index (χ1v) is 27.0. The van der Waals surface area contributed by atoms with Crippen LogP contribution in [0.25, 0.3) is 155 Å². The Kier molecular flexibility index (Phi) is 8.36. The second kappa shape index (κ2) is 15.3. The van der Waals surface area contributed by atoms with Gasteiger partial charge in [-0.05, 0) is 84.9 Å². The number of thiophene rings is 2. The topological polar surface area (TPSA) is 47.9 Å². The van der Waals surface area contributed by atoms with Crippen molar-refractivity contribution in [2.24, 2.45) is 0 Å². The average molecular weight is 1000 g/mol. The third kappa shape index (κ3) is 5.45. The predicted octanol–water partition coefficient (Wildman–Crippen LogP) is 19.2. The zero-order chi connectivity index (χ0) is 49.9. The Labute approximate surface area is 441 Å². The van der Waals surface area contributed by atoms with Gasteiger partial charge in [0.15, 0.2) is 0 Å². The smallest absolute Gasteiger partial charge is 0.212 e. The number of fused-ring (bicyclic) bond motifs is 18. The van der Waals surface area contributed by atoms with Gasteiger partial charge < -0.3 is 18.3 Å². The molecular weight excluding hydrogens is 965 g/mol. The first-order chi connectivity index (χ1) is 37.6. The normalized spacial score (nSPS) is 12.2. The molecule has 8 heteroatoms. The van der Waals surface area contributed by atoms with Gasteiger partial charge in [0, 0.05) is 83.4 Å². The molecule has 0 radical (unpaired) electrons. The minimum Gasteiger partial charge on any atom is -0.317 e. The Hall–Kier alpha value is -9.96. The van der Waals surface area contributed by atoms with Crippen molar-refractivity contribution in [3.8, 4) is 28.8 Å². The summed E-state index contributed by atoms with van der Waals surface area (Å²) in [6.07, 6.45) is 0. The van der Waals surface area contributed by atoms with Crippen molar-refractivity contribution < 1.29 is 0 Å². The lowest BCUT2D eigenvalue weighted by molar-refractivity contribution is 1.11. The van der Waals surface area contributed by atoms with E-state index < -0.39 is 0 Å². The predicted molar refractivity (Wildman–Crippen MR) is 321 cm³/mol. The number of rotatable bonds is 4. The Morgan fingerprint density at radius 2 is 0.711 bits per heavy atom. The zero-order valence-corrected chi connectivity index (χ0v) is 41.9. The molecule has 0 fully saturated rings. The number of aromatic nitrogens is 4. The van der Waals surface area contributed by atoms with Gasteiger partial charge in [0.05, 0.1) is 79.0 Å². The van der Waals surface area contributed by atoms with Crippen molar-refractivity contribution in [3.05, 3.63) is 235 Å². The summed E-state index contributed by atoms with van der Waals surface area (Å²) in [5.74, 6) is 0. The SMILES string of the molecule is [C-]#[N+]c1cc(-n2c3cc4sc5ccccc5c4cc3c3cccc(-n4c5ccccc5c5ccccc54)c32)c(C#N)cc1-n1c2cc3sc4ccccc4c3cc2c2cccc(-n3c4ccccc4c4ccccc43)c21. The monoisotopic (exact) mass is 1000 g/mol. The molecule has 11 aromatic carbocycles. The van der Waals surface area contributed by atoms with Crippen LogP contribution in [0, 0.1) is 17.9 Å². The molecule has 0 amide bonds. The lowest BCUT2D eigenvalue weighted by Crippen LogP contribution is -2.05. The van der Waals surface area contributed by atoms with Gasteiger partial charge in [-0.1, -0.05) is 133 Å². The van der Waals surface area contributed by atoms with Crippen LogP contribution in [0.2, 0.25) is 0 Å². The summed E-state index contributed by atoms with van der Waals surface area (Å²) in [6.45, 7) is 9.21. The van der Waals surface area contributed by atoms with Gasteiger partial charge in [0.1, 0.15) is 6.07 Å². The highest BCUT2D eigenvalue weighted by atomic mass is 32.1. The van der Waals surface area contributed by atoms with Gasteiger partial charge in [-0.15, -0.1) is 22.7 Å². The van der Waals surface area contributed by atoms with Gasteiger partial charge in [-0.2, -0.15) is 5.26 Å². The van der Waals surface area contributed by atoms with Crippen LogP contribution in [-0.4, -0.2) is 18.3 Å². The van der Waals surface area contributed by atoms with Crippen LogP contribution in [0.5, 0.6) is 0 Å². The van der Waals surface area contributed by atoms with E-state index in [1.807, 2.05) is 12.1 Å². The van der Waals surface area contributed by atoms with Crippen molar-refractivity contribution in [1.82, 2.24) is 18.3 Å². The van der Waals surface area contributed by atoms with Crippen LogP contribution in [-0.2, 0) is 0 Å². The van der Waals surface area contributed by atoms with Gasteiger partial charge in [0.2, 0.25) is 5.69 Å². The van der Waals surface area contributed by atoms with Gasteiger partial charge in [0.25, 0.3) is 0 Å². The number of hydrogen-bond donors (Lipinski definition) is 0. The highest BCUT2D eigenvalue weighted by Gasteiger charge is 2.27. The highest BCUT2D eigenvalue weighted by molar-refractivity contribution is 7.26. The average Bonchev–Trinajstić information content (AvgIpc) is 4.51. The zero-order valence-electron chi connectivity index (χ0n) is 40.3. The highest BCUT2D eigenvalue weighted by Crippen LogP contribution is 2.48. The molecule has 6 nitrogen and oxygen atoms in total. The molecule has 0 aliphatic heterocycles. The summed E-state index contributed by atoms with van der Waals surface area (Å²) in [6, 6.07) is 80.8. The minimum absolute atomic E-state index is 0.438. The largest absolute Gasteiger partial charge is 0.317 e. The van der Waals surface area contributed by atoms with Crippen LogP contribution in [0.4, 0.5) is 5.69 Å². The maximum Gasteiger partial charge on any atom is 0.212 e. The lowest BCUT2D eigenvalue weighted by Gasteiger charge is -2.19. The van der Waals surface area contributed by atoms with Crippen LogP contribution >= 0.6 is 22.7 Å². The van der Waals surface area contributed by atoms with E-state index in [4.69, 9.17) is 0 Å². The van der Waals surface area contributed by atoms with Crippen molar-refractivity contribution in [2.45, 2.75) is 0 Å². The molecule has 0 aliphatic rings. The van der Waals surface area contributed by atoms with E-state index in [2.05, 4.69) is 235 Å². The van der Waals surface area contributed by atoms with Crippen molar-refractivity contribution >= 4 is 156 Å². The molecule has 0 bridgehead atoms. The second-order valence-electron chi connectivity index (χ2n) is 19.8. The second-order valence-corrected chi connectivity index (χ2v) is 21.9. The maximum absolute atomic E-state index is 11.8. The molecule has 0 aliphatic carbocycles. The van der Waals surface area contributed by atoms with Crippen molar-refractivity contribution in [3.63, 3.8) is 0 Å². The molecule has 0 N–H and O–H groups in total. The summed E-state index contributed by atoms with van der Waals surface area (Å²) in [7, 11) is 0. The first kappa shape index (κ1) is 41.5. The molecule has 0 atom stereocenters. The molecule has 0 spiro atoms. The molecule has 0 saturated carbocycles. The Morgan fingerprint density at radius 3 is 1.14 bits per heavy atom. The Morgan fingerprint density at radius 1 is 0.316 bits per heavy atom. The van der Waals surface area contributed by atoms with E-state index in [0.29, 0.717) is 22.6 Å². The van der Waals surface area contributed by atoms with Crippen LogP contribution in [0.15, 0.2) is 218 Å². The first-order valence-electron chi connectivity index (χ1n) is 25.3. The molecule has 0 unspecified atom stereocenters. The molecule has 6 heterocycles. The molecule has 76 heavy (non-hydrogen) atoms. The fourth-order valence-electron chi connectivity index (χ4n) is 12.9. The fraction of sp³-hybridized carbons (Fsp3) is 0. The Bertz CT molecular complexity index is 5070. The summed E-state index contributed by atoms with van der Waals surface area (Å²) in [4.78, 5) is 4.47. The summed E-state index contributed by atoms with van der Waals surface area (Å²) < 4.78 is 14.1. The van der Waals surface area contributed by atoms with E-state index in [9.17, 15) is 11.8 Å². The Balaban J connectivity index is 1.01. The van der Waals surface area contributed by atoms with Crippen molar-refractivity contribution in [2.75, 3.05) is 0 Å². The molecular formula is C68H36N6S2. The van der Waals surface area contributed by atoms with Gasteiger partial charge in [-0.25, -0.2) is 4.85 Å². The number of nitriles is 1. The fourth-order valence-corrected chi connectivity index (χ4v) is 15.1. The van der Waals surface area contributed by atoms with E-state index in [-0.39, 0.29) is 0 Å². The third-order valence-electron chi connectivity index (χ3n) is 16.0. The molecule has 17 aromatic rings. The molecule has 0 saturated heterocycles. The van der Waals surface area contributed by atoms with E-state index in [1.54, 1.807) is 22.7 Å². The molecule has 350 valence electrons. The quantitative estimate of drug-likeness (QED) is 0.162. The number of nitrogens with zero attached hydrogens (tertiary/aromatic N) is 6. The minimum atomic E-state index is 0.438. The number of hydrogen-bond acceptors (Lipinski definition) is 3. The molecule has 6 aromatic heterocycles. The van der Waals surface area contributed by atoms with Crippen LogP contribution in [0.3, 0.4) is 0 Å². The van der Waals surface area contributed by atoms with E-state index >= 15 is 0 Å². The number of benzene rings is 11. The van der Waals surface area contributed by atoms with Gasteiger partial charge in [-0.3, -0.25) is 0 Å². The maximum atomic E-state index is 11.8. The van der Waals surface area contributed by atoms with E-state index in [0.717, 1.165) is 86.5 Å². The van der Waals surface area contributed by atoms with Crippen molar-refractivity contribution in [1.29, 1.82) is 5.26 Å². The van der Waals surface area contributed by atoms with E-state index in [1.165, 1.54) is 52.5 Å². The van der Waals surface area contributed by atoms with Gasteiger partial charge >= 0.3 is 0 Å². The molecule has 17 rings (SSSR count). The number of para-hydroxylation sites is 6. The third-order valence-corrected chi connectivity index (χ3v) is 18.3. The summed E-state index contributed by atoms with van der Waals surface area (Å²) in [5, 5.41) is 25.6. The summed E-state index contributed by atoms with van der Waals surface area (Å²) in [5.41, 5.74) is 12.4. The van der Waals surface area contributed by atoms with Crippen LogP contribution < -0.4 is 0 Å². The summed E-state index contributed by atoms with van der Waals surface area (Å²) >= 11 is 3.57. The van der Waals surface area contributed by atoms with Crippen LogP contribution in [0.1, 0.15) is 5.56 Å². The lowest BCUT2D eigenvalue weighted by atomic mass is 10.1. The standard InChI is InChI=1S/C68H36N6S2/c1-70-52-35-59(73-60-36-65-50(44-20-6-12-30-63(44)75-65)33-48(60)46-22-14-28-57(67(46)73)71-53-24-8-2-16-40(53)41-17-3-9-25-54(41)71)39(38-69)32-62(52)74-61-37-66-51(45-21-7-13-31-64(45)76-66)34-49(61)47-23-15-29-58(68(47)74)72-55-26-10-4-18-42(55)43-19-5-11-27-56(43)72/h2-37H.